The Morgan fingerprint density at radius 1 is 1.35 bits per heavy atom. The standard InChI is InChI=1S/C15H25N3O2/c1-2-19-14-4-3-9-17-15(14)18-10-11-20-13-7-5-12(16)6-8-13/h3-4,9,12-13H,2,5-8,10-11,16H2,1H3,(H,17,18). The summed E-state index contributed by atoms with van der Waals surface area (Å²) in [7, 11) is 0. The topological polar surface area (TPSA) is 69.4 Å². The third-order valence-corrected chi connectivity index (χ3v) is 3.54. The zero-order chi connectivity index (χ0) is 14.2. The molecule has 1 aromatic rings. The molecule has 0 bridgehead atoms. The SMILES string of the molecule is CCOc1cccnc1NCCOC1CCC(N)CC1. The first-order valence-corrected chi connectivity index (χ1v) is 7.48. The molecule has 1 heterocycles. The largest absolute Gasteiger partial charge is 0.490 e. The number of hydrogen-bond donors (Lipinski definition) is 2. The van der Waals surface area contributed by atoms with Crippen molar-refractivity contribution in [3.63, 3.8) is 0 Å². The highest BCUT2D eigenvalue weighted by Crippen LogP contribution is 2.21. The van der Waals surface area contributed by atoms with E-state index in [1.54, 1.807) is 6.20 Å². The number of hydrogen-bond acceptors (Lipinski definition) is 5. The van der Waals surface area contributed by atoms with Gasteiger partial charge >= 0.3 is 0 Å². The van der Waals surface area contributed by atoms with E-state index in [2.05, 4.69) is 10.3 Å². The Morgan fingerprint density at radius 3 is 2.90 bits per heavy atom. The Labute approximate surface area is 120 Å². The highest BCUT2D eigenvalue weighted by molar-refractivity contribution is 5.49. The Bertz CT molecular complexity index is 392. The summed E-state index contributed by atoms with van der Waals surface area (Å²) in [5.74, 6) is 1.57. The van der Waals surface area contributed by atoms with Gasteiger partial charge in [-0.25, -0.2) is 4.98 Å². The minimum atomic E-state index is 0.367. The second-order valence-corrected chi connectivity index (χ2v) is 5.12. The Hall–Kier alpha value is -1.33. The van der Waals surface area contributed by atoms with Crippen molar-refractivity contribution in [1.82, 2.24) is 4.98 Å². The van der Waals surface area contributed by atoms with E-state index in [9.17, 15) is 0 Å². The first-order valence-electron chi connectivity index (χ1n) is 7.48. The lowest BCUT2D eigenvalue weighted by molar-refractivity contribution is 0.0313. The molecule has 0 saturated heterocycles. The molecule has 1 aromatic heterocycles. The minimum Gasteiger partial charge on any atom is -0.490 e. The average Bonchev–Trinajstić information content (AvgIpc) is 2.47. The Morgan fingerprint density at radius 2 is 2.15 bits per heavy atom. The van der Waals surface area contributed by atoms with E-state index in [0.29, 0.717) is 25.4 Å². The summed E-state index contributed by atoms with van der Waals surface area (Å²) in [6, 6.07) is 4.16. The van der Waals surface area contributed by atoms with E-state index < -0.39 is 0 Å². The lowest BCUT2D eigenvalue weighted by Gasteiger charge is -2.26. The van der Waals surface area contributed by atoms with Crippen LogP contribution in [0.2, 0.25) is 0 Å². The van der Waals surface area contributed by atoms with E-state index in [-0.39, 0.29) is 0 Å². The summed E-state index contributed by atoms with van der Waals surface area (Å²) in [6.45, 7) is 4.02. The van der Waals surface area contributed by atoms with Crippen LogP contribution >= 0.6 is 0 Å². The van der Waals surface area contributed by atoms with E-state index >= 15 is 0 Å². The molecule has 0 aliphatic heterocycles. The van der Waals surface area contributed by atoms with E-state index in [4.69, 9.17) is 15.2 Å². The van der Waals surface area contributed by atoms with Crippen molar-refractivity contribution in [3.8, 4) is 5.75 Å². The lowest BCUT2D eigenvalue weighted by atomic mass is 9.94. The molecule has 0 aromatic carbocycles. The van der Waals surface area contributed by atoms with Gasteiger partial charge in [0, 0.05) is 18.8 Å². The molecule has 0 spiro atoms. The summed E-state index contributed by atoms with van der Waals surface area (Å²) >= 11 is 0. The number of rotatable bonds is 7. The maximum atomic E-state index is 5.88. The highest BCUT2D eigenvalue weighted by atomic mass is 16.5. The summed E-state index contributed by atoms with van der Waals surface area (Å²) in [4.78, 5) is 4.28. The quantitative estimate of drug-likeness (QED) is 0.749. The predicted molar refractivity (Wildman–Crippen MR) is 80.1 cm³/mol. The van der Waals surface area contributed by atoms with Crippen molar-refractivity contribution in [2.75, 3.05) is 25.1 Å². The summed E-state index contributed by atoms with van der Waals surface area (Å²) in [5, 5.41) is 3.26. The molecule has 0 atom stereocenters. The molecule has 3 N–H and O–H groups in total. The van der Waals surface area contributed by atoms with Gasteiger partial charge < -0.3 is 20.5 Å². The van der Waals surface area contributed by atoms with Crippen LogP contribution in [0.4, 0.5) is 5.82 Å². The normalized spacial score (nSPS) is 22.5. The Kier molecular flexibility index (Phi) is 6.08. The molecule has 20 heavy (non-hydrogen) atoms. The molecule has 0 radical (unpaired) electrons. The van der Waals surface area contributed by atoms with Gasteiger partial charge in [0.2, 0.25) is 0 Å². The molecule has 5 heteroatoms. The fourth-order valence-corrected chi connectivity index (χ4v) is 2.45. The number of ether oxygens (including phenoxy) is 2. The molecule has 2 rings (SSSR count). The van der Waals surface area contributed by atoms with Crippen LogP contribution in [0, 0.1) is 0 Å². The van der Waals surface area contributed by atoms with Gasteiger partial charge in [0.05, 0.1) is 19.3 Å². The van der Waals surface area contributed by atoms with Crippen LogP contribution in [0.3, 0.4) is 0 Å². The summed E-state index contributed by atoms with van der Waals surface area (Å²) in [6.07, 6.45) is 6.43. The molecule has 0 unspecified atom stereocenters. The molecule has 112 valence electrons. The maximum absolute atomic E-state index is 5.88. The van der Waals surface area contributed by atoms with E-state index in [0.717, 1.165) is 43.8 Å². The summed E-state index contributed by atoms with van der Waals surface area (Å²) < 4.78 is 11.4. The number of aromatic nitrogens is 1. The molecule has 1 aliphatic rings. The molecule has 1 aliphatic carbocycles. The molecule has 0 amide bonds. The van der Waals surface area contributed by atoms with Gasteiger partial charge in [-0.1, -0.05) is 0 Å². The molecule has 5 nitrogen and oxygen atoms in total. The third-order valence-electron chi connectivity index (χ3n) is 3.54. The van der Waals surface area contributed by atoms with E-state index in [1.807, 2.05) is 19.1 Å². The zero-order valence-electron chi connectivity index (χ0n) is 12.2. The molecular weight excluding hydrogens is 254 g/mol. The van der Waals surface area contributed by atoms with Crippen LogP contribution in [0.1, 0.15) is 32.6 Å². The number of nitrogens with one attached hydrogen (secondary N) is 1. The monoisotopic (exact) mass is 279 g/mol. The maximum Gasteiger partial charge on any atom is 0.168 e. The predicted octanol–water partition coefficient (Wildman–Crippen LogP) is 2.18. The number of pyridine rings is 1. The number of anilines is 1. The first kappa shape index (κ1) is 15.1. The zero-order valence-corrected chi connectivity index (χ0v) is 12.2. The first-order chi connectivity index (χ1) is 9.79. The van der Waals surface area contributed by atoms with Crippen molar-refractivity contribution < 1.29 is 9.47 Å². The van der Waals surface area contributed by atoms with Gasteiger partial charge in [-0.05, 0) is 44.7 Å². The van der Waals surface area contributed by atoms with Crippen molar-refractivity contribution in [1.29, 1.82) is 0 Å². The van der Waals surface area contributed by atoms with Crippen LogP contribution in [0.25, 0.3) is 0 Å². The highest BCUT2D eigenvalue weighted by Gasteiger charge is 2.18. The van der Waals surface area contributed by atoms with Crippen molar-refractivity contribution in [3.05, 3.63) is 18.3 Å². The molecule has 1 fully saturated rings. The number of nitrogens with zero attached hydrogens (tertiary/aromatic N) is 1. The molecule has 1 saturated carbocycles. The van der Waals surface area contributed by atoms with Crippen molar-refractivity contribution in [2.45, 2.75) is 44.8 Å². The van der Waals surface area contributed by atoms with E-state index in [1.165, 1.54) is 0 Å². The van der Waals surface area contributed by atoms with Crippen LogP contribution in [0.15, 0.2) is 18.3 Å². The minimum absolute atomic E-state index is 0.367. The smallest absolute Gasteiger partial charge is 0.168 e. The van der Waals surface area contributed by atoms with Gasteiger partial charge in [-0.15, -0.1) is 0 Å². The second kappa shape index (κ2) is 8.07. The fraction of sp³-hybridized carbons (Fsp3) is 0.667. The van der Waals surface area contributed by atoms with Crippen molar-refractivity contribution >= 4 is 5.82 Å². The third kappa shape index (κ3) is 4.65. The van der Waals surface area contributed by atoms with Gasteiger partial charge in [0.1, 0.15) is 0 Å². The Balaban J connectivity index is 1.68. The van der Waals surface area contributed by atoms with Crippen LogP contribution in [-0.4, -0.2) is 36.9 Å². The van der Waals surface area contributed by atoms with Crippen LogP contribution in [-0.2, 0) is 4.74 Å². The van der Waals surface area contributed by atoms with Crippen molar-refractivity contribution in [2.24, 2.45) is 5.73 Å². The number of nitrogens with two attached hydrogens (primary N) is 1. The van der Waals surface area contributed by atoms with Gasteiger partial charge in [0.25, 0.3) is 0 Å². The lowest BCUT2D eigenvalue weighted by Crippen LogP contribution is -2.31. The second-order valence-electron chi connectivity index (χ2n) is 5.12. The van der Waals surface area contributed by atoms with Gasteiger partial charge in [-0.2, -0.15) is 0 Å². The average molecular weight is 279 g/mol. The van der Waals surface area contributed by atoms with Crippen LogP contribution < -0.4 is 15.8 Å². The fourth-order valence-electron chi connectivity index (χ4n) is 2.45. The van der Waals surface area contributed by atoms with Crippen LogP contribution in [0.5, 0.6) is 5.75 Å². The van der Waals surface area contributed by atoms with Gasteiger partial charge in [0.15, 0.2) is 11.6 Å². The van der Waals surface area contributed by atoms with Gasteiger partial charge in [-0.3, -0.25) is 0 Å². The summed E-state index contributed by atoms with van der Waals surface area (Å²) in [5.41, 5.74) is 5.88. The molecular formula is C15H25N3O2.